The summed E-state index contributed by atoms with van der Waals surface area (Å²) in [5.74, 6) is -2.05. The molecule has 0 radical (unpaired) electrons. The van der Waals surface area contributed by atoms with E-state index in [4.69, 9.17) is 21.1 Å². The first kappa shape index (κ1) is 25.4. The van der Waals surface area contributed by atoms with Crippen molar-refractivity contribution in [2.75, 3.05) is 23.4 Å². The van der Waals surface area contributed by atoms with Crippen molar-refractivity contribution in [1.82, 2.24) is 0 Å². The number of alkyl halides is 3. The number of carbonyl (C=O) groups is 3. The van der Waals surface area contributed by atoms with Gasteiger partial charge >= 0.3 is 12.1 Å². The highest BCUT2D eigenvalue weighted by Crippen LogP contribution is 2.34. The third-order valence-electron chi connectivity index (χ3n) is 4.89. The van der Waals surface area contributed by atoms with Gasteiger partial charge in [0.25, 0.3) is 5.91 Å². The van der Waals surface area contributed by atoms with Gasteiger partial charge in [0.1, 0.15) is 5.75 Å². The topological polar surface area (TPSA) is 84.9 Å². The molecule has 1 aliphatic rings. The highest BCUT2D eigenvalue weighted by Gasteiger charge is 2.36. The van der Waals surface area contributed by atoms with Gasteiger partial charge in [0, 0.05) is 18.7 Å². The van der Waals surface area contributed by atoms with Crippen molar-refractivity contribution in [3.63, 3.8) is 0 Å². The molecule has 7 nitrogen and oxygen atoms in total. The minimum Gasteiger partial charge on any atom is -0.491 e. The van der Waals surface area contributed by atoms with Crippen LogP contribution in [0.25, 0.3) is 0 Å². The molecule has 0 aromatic heterocycles. The molecule has 0 spiro atoms. The van der Waals surface area contributed by atoms with E-state index in [0.717, 1.165) is 12.1 Å². The first-order valence-corrected chi connectivity index (χ1v) is 10.7. The third-order valence-corrected chi connectivity index (χ3v) is 5.22. The zero-order valence-electron chi connectivity index (χ0n) is 18.3. The van der Waals surface area contributed by atoms with Crippen LogP contribution in [0.3, 0.4) is 0 Å². The molecule has 1 saturated heterocycles. The average Bonchev–Trinajstić information content (AvgIpc) is 3.14. The summed E-state index contributed by atoms with van der Waals surface area (Å²) >= 11 is 5.84. The number of nitrogens with one attached hydrogen (secondary N) is 1. The average molecular weight is 499 g/mol. The molecule has 1 N–H and O–H groups in total. The number of hydrogen-bond donors (Lipinski definition) is 1. The van der Waals surface area contributed by atoms with Crippen LogP contribution < -0.4 is 15.0 Å². The largest absolute Gasteiger partial charge is 0.491 e. The van der Waals surface area contributed by atoms with Crippen molar-refractivity contribution in [1.29, 1.82) is 0 Å². The number of carbonyl (C=O) groups excluding carboxylic acids is 3. The monoisotopic (exact) mass is 498 g/mol. The lowest BCUT2D eigenvalue weighted by atomic mass is 10.1. The normalized spacial score (nSPS) is 16.0. The summed E-state index contributed by atoms with van der Waals surface area (Å²) in [5.41, 5.74) is -0.657. The van der Waals surface area contributed by atoms with Crippen LogP contribution >= 0.6 is 11.6 Å². The fourth-order valence-electron chi connectivity index (χ4n) is 3.33. The van der Waals surface area contributed by atoms with Gasteiger partial charge in [0.05, 0.1) is 28.3 Å². The van der Waals surface area contributed by atoms with Gasteiger partial charge in [-0.2, -0.15) is 13.2 Å². The third kappa shape index (κ3) is 6.40. The minimum atomic E-state index is -4.61. The number of halogens is 4. The summed E-state index contributed by atoms with van der Waals surface area (Å²) in [6.07, 6.45) is -4.70. The number of hydrogen-bond acceptors (Lipinski definition) is 5. The van der Waals surface area contributed by atoms with Gasteiger partial charge in [-0.05, 0) is 56.3 Å². The van der Waals surface area contributed by atoms with Gasteiger partial charge in [-0.3, -0.25) is 14.4 Å². The lowest BCUT2D eigenvalue weighted by Crippen LogP contribution is -2.28. The Kier molecular flexibility index (Phi) is 7.71. The molecule has 1 heterocycles. The zero-order chi connectivity index (χ0) is 25.0. The zero-order valence-corrected chi connectivity index (χ0v) is 19.1. The van der Waals surface area contributed by atoms with Gasteiger partial charge in [-0.25, -0.2) is 0 Å². The molecule has 2 amide bonds. The first-order valence-electron chi connectivity index (χ1n) is 10.3. The smallest absolute Gasteiger partial charge is 0.416 e. The molecule has 1 aliphatic heterocycles. The standard InChI is InChI=1S/C23H22ClF3N2O5/c1-13(2)34-17-6-4-16(5-7-17)29-11-14(9-21(29)31)22(32)33-12-20(30)28-19-10-15(23(25,26)27)3-8-18(19)24/h3-8,10,13-14H,9,11-12H2,1-2H3,(H,28,30)/t14-/m1/s1. The van der Waals surface area contributed by atoms with E-state index in [1.165, 1.54) is 4.90 Å². The molecule has 34 heavy (non-hydrogen) atoms. The SMILES string of the molecule is CC(C)Oc1ccc(N2C[C@H](C(=O)OCC(=O)Nc3cc(C(F)(F)F)ccc3Cl)CC2=O)cc1. The predicted molar refractivity (Wildman–Crippen MR) is 119 cm³/mol. The number of esters is 1. The lowest BCUT2D eigenvalue weighted by molar-refractivity contribution is -0.151. The molecule has 1 atom stereocenters. The highest BCUT2D eigenvalue weighted by molar-refractivity contribution is 6.33. The Morgan fingerprint density at radius 3 is 2.47 bits per heavy atom. The van der Waals surface area contributed by atoms with E-state index in [0.29, 0.717) is 17.5 Å². The van der Waals surface area contributed by atoms with Gasteiger partial charge in [-0.1, -0.05) is 11.6 Å². The summed E-state index contributed by atoms with van der Waals surface area (Å²) in [7, 11) is 0. The fraction of sp³-hybridized carbons (Fsp3) is 0.348. The number of nitrogens with zero attached hydrogens (tertiary/aromatic N) is 1. The van der Waals surface area contributed by atoms with Crippen LogP contribution in [0.5, 0.6) is 5.75 Å². The molecular weight excluding hydrogens is 477 g/mol. The van der Waals surface area contributed by atoms with Crippen molar-refractivity contribution in [2.24, 2.45) is 5.92 Å². The van der Waals surface area contributed by atoms with Gasteiger partial charge in [0.15, 0.2) is 6.61 Å². The minimum absolute atomic E-state index is 0.000209. The highest BCUT2D eigenvalue weighted by atomic mass is 35.5. The van der Waals surface area contributed by atoms with Crippen LogP contribution in [0.15, 0.2) is 42.5 Å². The van der Waals surface area contributed by atoms with E-state index in [-0.39, 0.29) is 35.7 Å². The fourth-order valence-corrected chi connectivity index (χ4v) is 3.49. The summed E-state index contributed by atoms with van der Waals surface area (Å²) < 4.78 is 49.1. The molecule has 3 rings (SSSR count). The van der Waals surface area contributed by atoms with Crippen LogP contribution in [-0.4, -0.2) is 37.0 Å². The van der Waals surface area contributed by atoms with E-state index in [1.807, 2.05) is 13.8 Å². The summed E-state index contributed by atoms with van der Waals surface area (Å²) in [6.45, 7) is 3.12. The number of rotatable bonds is 7. The molecule has 182 valence electrons. The van der Waals surface area contributed by atoms with Crippen molar-refractivity contribution >= 4 is 40.8 Å². The molecule has 11 heteroatoms. The van der Waals surface area contributed by atoms with Crippen molar-refractivity contribution in [3.05, 3.63) is 53.1 Å². The van der Waals surface area contributed by atoms with Gasteiger partial charge in [0.2, 0.25) is 5.91 Å². The predicted octanol–water partition coefficient (Wildman–Crippen LogP) is 4.68. The van der Waals surface area contributed by atoms with Crippen molar-refractivity contribution < 1.29 is 37.0 Å². The number of ether oxygens (including phenoxy) is 2. The molecule has 0 saturated carbocycles. The number of anilines is 2. The summed E-state index contributed by atoms with van der Waals surface area (Å²) in [5, 5.41) is 2.09. The Bertz CT molecular complexity index is 1070. The lowest BCUT2D eigenvalue weighted by Gasteiger charge is -2.17. The van der Waals surface area contributed by atoms with E-state index in [1.54, 1.807) is 24.3 Å². The second kappa shape index (κ2) is 10.3. The van der Waals surface area contributed by atoms with Crippen LogP contribution in [0.4, 0.5) is 24.5 Å². The second-order valence-electron chi connectivity index (χ2n) is 7.91. The molecule has 0 bridgehead atoms. The van der Waals surface area contributed by atoms with Crippen LogP contribution in [-0.2, 0) is 25.3 Å². The van der Waals surface area contributed by atoms with Crippen LogP contribution in [0.2, 0.25) is 5.02 Å². The maximum Gasteiger partial charge on any atom is 0.416 e. The first-order chi connectivity index (χ1) is 15.9. The Hall–Kier alpha value is -3.27. The van der Waals surface area contributed by atoms with E-state index < -0.39 is 36.1 Å². The quantitative estimate of drug-likeness (QED) is 0.560. The summed E-state index contributed by atoms with van der Waals surface area (Å²) in [4.78, 5) is 38.3. The molecule has 0 unspecified atom stereocenters. The molecule has 1 fully saturated rings. The molecule has 2 aromatic carbocycles. The van der Waals surface area contributed by atoms with Gasteiger partial charge in [-0.15, -0.1) is 0 Å². The Labute approximate surface area is 198 Å². The van der Waals surface area contributed by atoms with E-state index in [2.05, 4.69) is 5.32 Å². The van der Waals surface area contributed by atoms with Gasteiger partial charge < -0.3 is 19.7 Å². The Balaban J connectivity index is 1.54. The molecular formula is C23H22ClF3N2O5. The Morgan fingerprint density at radius 2 is 1.85 bits per heavy atom. The molecule has 2 aromatic rings. The maximum absolute atomic E-state index is 12.9. The molecule has 0 aliphatic carbocycles. The van der Waals surface area contributed by atoms with E-state index in [9.17, 15) is 27.6 Å². The van der Waals surface area contributed by atoms with Crippen molar-refractivity contribution in [3.8, 4) is 5.75 Å². The summed E-state index contributed by atoms with van der Waals surface area (Å²) in [6, 6.07) is 9.32. The van der Waals surface area contributed by atoms with E-state index >= 15 is 0 Å². The Morgan fingerprint density at radius 1 is 1.18 bits per heavy atom. The van der Waals surface area contributed by atoms with Crippen molar-refractivity contribution in [2.45, 2.75) is 32.5 Å². The second-order valence-corrected chi connectivity index (χ2v) is 8.32. The maximum atomic E-state index is 12.9. The number of benzene rings is 2. The number of amides is 2. The van der Waals surface area contributed by atoms with Crippen LogP contribution in [0, 0.1) is 5.92 Å². The van der Waals surface area contributed by atoms with Crippen LogP contribution in [0.1, 0.15) is 25.8 Å².